The zero-order chi connectivity index (χ0) is 20.6. The predicted octanol–water partition coefficient (Wildman–Crippen LogP) is 5.69. The van der Waals surface area contributed by atoms with Crippen LogP contribution in [0.5, 0.6) is 0 Å². The number of fused-ring (bicyclic) bond motifs is 1. The van der Waals surface area contributed by atoms with Gasteiger partial charge < -0.3 is 10.6 Å². The topological polar surface area (TPSA) is 29.3 Å². The second kappa shape index (κ2) is 10.4. The van der Waals surface area contributed by atoms with Crippen LogP contribution >= 0.6 is 0 Å². The first-order valence-corrected chi connectivity index (χ1v) is 11.5. The molecule has 30 heavy (non-hydrogen) atoms. The number of hydrogen-bond donors (Lipinski definition) is 1. The van der Waals surface area contributed by atoms with Crippen molar-refractivity contribution in [3.8, 4) is 0 Å². The first kappa shape index (κ1) is 20.7. The van der Waals surface area contributed by atoms with Gasteiger partial charge in [0.05, 0.1) is 0 Å². The fourth-order valence-electron chi connectivity index (χ4n) is 4.81. The quantitative estimate of drug-likeness (QED) is 0.469. The van der Waals surface area contributed by atoms with Crippen LogP contribution in [0.15, 0.2) is 78.9 Å². The van der Waals surface area contributed by atoms with Crippen LogP contribution in [-0.4, -0.2) is 24.0 Å². The Bertz CT molecular complexity index is 859. The molecule has 1 aliphatic carbocycles. The van der Waals surface area contributed by atoms with E-state index in [4.69, 9.17) is 5.73 Å². The highest BCUT2D eigenvalue weighted by atomic mass is 15.1. The van der Waals surface area contributed by atoms with Crippen molar-refractivity contribution in [2.24, 2.45) is 0 Å². The van der Waals surface area contributed by atoms with E-state index in [0.29, 0.717) is 6.04 Å². The SMILES string of the molecule is Nc1ccc2c(c1)CC(N(CCCc1ccccc1)CCCc1ccccc1)CC2. The molecule has 2 N–H and O–H groups in total. The summed E-state index contributed by atoms with van der Waals surface area (Å²) in [6.07, 6.45) is 8.32. The number of rotatable bonds is 9. The van der Waals surface area contributed by atoms with E-state index in [2.05, 4.69) is 83.8 Å². The van der Waals surface area contributed by atoms with Crippen LogP contribution in [0.25, 0.3) is 0 Å². The lowest BCUT2D eigenvalue weighted by Crippen LogP contribution is -2.41. The third-order valence-electron chi connectivity index (χ3n) is 6.46. The number of anilines is 1. The summed E-state index contributed by atoms with van der Waals surface area (Å²) in [5.74, 6) is 0. The Kier molecular flexibility index (Phi) is 7.20. The van der Waals surface area contributed by atoms with Gasteiger partial charge in [0.15, 0.2) is 0 Å². The number of nitrogens with two attached hydrogens (primary N) is 1. The number of aryl methyl sites for hydroxylation is 3. The van der Waals surface area contributed by atoms with E-state index >= 15 is 0 Å². The molecular weight excluding hydrogens is 364 g/mol. The normalized spacial score (nSPS) is 15.8. The summed E-state index contributed by atoms with van der Waals surface area (Å²) >= 11 is 0. The highest BCUT2D eigenvalue weighted by molar-refractivity contribution is 5.46. The molecule has 0 amide bonds. The molecule has 3 aromatic rings. The molecule has 0 aromatic heterocycles. The Morgan fingerprint density at radius 2 is 1.33 bits per heavy atom. The van der Waals surface area contributed by atoms with Gasteiger partial charge >= 0.3 is 0 Å². The molecule has 0 saturated heterocycles. The highest BCUT2D eigenvalue weighted by Crippen LogP contribution is 2.27. The van der Waals surface area contributed by atoms with Crippen molar-refractivity contribution in [3.63, 3.8) is 0 Å². The molecule has 3 aromatic carbocycles. The fourth-order valence-corrected chi connectivity index (χ4v) is 4.81. The van der Waals surface area contributed by atoms with Crippen LogP contribution in [-0.2, 0) is 25.7 Å². The first-order valence-electron chi connectivity index (χ1n) is 11.5. The Morgan fingerprint density at radius 1 is 0.733 bits per heavy atom. The summed E-state index contributed by atoms with van der Waals surface area (Å²) < 4.78 is 0. The highest BCUT2D eigenvalue weighted by Gasteiger charge is 2.24. The molecule has 2 heteroatoms. The van der Waals surface area contributed by atoms with Gasteiger partial charge in [-0.2, -0.15) is 0 Å². The molecule has 0 radical (unpaired) electrons. The van der Waals surface area contributed by atoms with Gasteiger partial charge in [0.2, 0.25) is 0 Å². The molecule has 0 aliphatic heterocycles. The average molecular weight is 399 g/mol. The van der Waals surface area contributed by atoms with Gasteiger partial charge in [-0.25, -0.2) is 0 Å². The average Bonchev–Trinajstić information content (AvgIpc) is 2.79. The summed E-state index contributed by atoms with van der Waals surface area (Å²) in [7, 11) is 0. The molecule has 1 atom stereocenters. The third-order valence-corrected chi connectivity index (χ3v) is 6.46. The molecule has 0 saturated carbocycles. The van der Waals surface area contributed by atoms with Gasteiger partial charge in [0.1, 0.15) is 0 Å². The molecular formula is C28H34N2. The van der Waals surface area contributed by atoms with Gasteiger partial charge in [-0.05, 0) is 92.4 Å². The van der Waals surface area contributed by atoms with Crippen LogP contribution in [0.4, 0.5) is 5.69 Å². The number of nitrogens with zero attached hydrogens (tertiary/aromatic N) is 1. The molecule has 1 unspecified atom stereocenters. The van der Waals surface area contributed by atoms with Crippen molar-refractivity contribution >= 4 is 5.69 Å². The van der Waals surface area contributed by atoms with Crippen molar-refractivity contribution in [2.75, 3.05) is 18.8 Å². The maximum atomic E-state index is 6.08. The maximum absolute atomic E-state index is 6.08. The molecule has 0 heterocycles. The summed E-state index contributed by atoms with van der Waals surface area (Å²) in [5, 5.41) is 0. The largest absolute Gasteiger partial charge is 0.399 e. The van der Waals surface area contributed by atoms with Crippen molar-refractivity contribution < 1.29 is 0 Å². The third kappa shape index (κ3) is 5.73. The molecule has 0 spiro atoms. The molecule has 1 aliphatic rings. The van der Waals surface area contributed by atoms with Crippen LogP contribution in [0.1, 0.15) is 41.5 Å². The van der Waals surface area contributed by atoms with Gasteiger partial charge in [0.25, 0.3) is 0 Å². The van der Waals surface area contributed by atoms with Gasteiger partial charge in [-0.3, -0.25) is 0 Å². The number of hydrogen-bond acceptors (Lipinski definition) is 2. The van der Waals surface area contributed by atoms with E-state index in [1.54, 1.807) is 0 Å². The summed E-state index contributed by atoms with van der Waals surface area (Å²) in [6, 6.07) is 28.9. The minimum atomic E-state index is 0.630. The molecule has 2 nitrogen and oxygen atoms in total. The second-order valence-corrected chi connectivity index (χ2v) is 8.64. The molecule has 156 valence electrons. The van der Waals surface area contributed by atoms with Crippen LogP contribution in [0.3, 0.4) is 0 Å². The van der Waals surface area contributed by atoms with E-state index in [9.17, 15) is 0 Å². The molecule has 0 fully saturated rings. The van der Waals surface area contributed by atoms with Gasteiger partial charge in [0, 0.05) is 11.7 Å². The minimum absolute atomic E-state index is 0.630. The van der Waals surface area contributed by atoms with Crippen molar-refractivity contribution in [1.82, 2.24) is 4.90 Å². The van der Waals surface area contributed by atoms with E-state index < -0.39 is 0 Å². The van der Waals surface area contributed by atoms with E-state index in [1.165, 1.54) is 61.0 Å². The van der Waals surface area contributed by atoms with Crippen molar-refractivity contribution in [1.29, 1.82) is 0 Å². The van der Waals surface area contributed by atoms with Gasteiger partial charge in [-0.1, -0.05) is 66.7 Å². The van der Waals surface area contributed by atoms with Crippen LogP contribution in [0, 0.1) is 0 Å². The first-order chi connectivity index (χ1) is 14.8. The predicted molar refractivity (Wildman–Crippen MR) is 128 cm³/mol. The van der Waals surface area contributed by atoms with E-state index in [1.807, 2.05) is 0 Å². The fraction of sp³-hybridized carbons (Fsp3) is 0.357. The minimum Gasteiger partial charge on any atom is -0.399 e. The smallest absolute Gasteiger partial charge is 0.0316 e. The number of benzene rings is 3. The molecule has 4 rings (SSSR count). The van der Waals surface area contributed by atoms with Crippen LogP contribution < -0.4 is 5.73 Å². The summed E-state index contributed by atoms with van der Waals surface area (Å²) in [5.41, 5.74) is 12.8. The van der Waals surface area contributed by atoms with E-state index in [-0.39, 0.29) is 0 Å². The maximum Gasteiger partial charge on any atom is 0.0316 e. The Balaban J connectivity index is 1.38. The van der Waals surface area contributed by atoms with E-state index in [0.717, 1.165) is 24.9 Å². The lowest BCUT2D eigenvalue weighted by Gasteiger charge is -2.35. The van der Waals surface area contributed by atoms with Crippen molar-refractivity contribution in [2.45, 2.75) is 51.0 Å². The van der Waals surface area contributed by atoms with Gasteiger partial charge in [-0.15, -0.1) is 0 Å². The zero-order valence-electron chi connectivity index (χ0n) is 18.0. The second-order valence-electron chi connectivity index (χ2n) is 8.64. The summed E-state index contributed by atoms with van der Waals surface area (Å²) in [6.45, 7) is 2.35. The Labute approximate surface area is 181 Å². The zero-order valence-corrected chi connectivity index (χ0v) is 18.0. The monoisotopic (exact) mass is 398 g/mol. The summed E-state index contributed by atoms with van der Waals surface area (Å²) in [4.78, 5) is 2.76. The standard InChI is InChI=1S/C28H34N2/c29-27-17-15-25-16-18-28(22-26(25)21-27)30(19-7-13-23-9-3-1-4-10-23)20-8-14-24-11-5-2-6-12-24/h1-6,9-12,15,17,21,28H,7-8,13-14,16,18-20,22,29H2. The van der Waals surface area contributed by atoms with Crippen molar-refractivity contribution in [3.05, 3.63) is 101 Å². The Morgan fingerprint density at radius 3 is 1.93 bits per heavy atom. The lowest BCUT2D eigenvalue weighted by molar-refractivity contribution is 0.175. The lowest BCUT2D eigenvalue weighted by atomic mass is 9.87. The van der Waals surface area contributed by atoms with Crippen LogP contribution in [0.2, 0.25) is 0 Å². The number of nitrogen functional groups attached to an aromatic ring is 1. The molecule has 0 bridgehead atoms. The Hall–Kier alpha value is -2.58.